The number of hydrogen-bond acceptors (Lipinski definition) is 33. The highest BCUT2D eigenvalue weighted by Gasteiger charge is 2.58. The van der Waals surface area contributed by atoms with Gasteiger partial charge in [-0.05, 0) is 0 Å². The van der Waals surface area contributed by atoms with E-state index in [1.54, 1.807) is 0 Å². The van der Waals surface area contributed by atoms with Crippen LogP contribution in [0.2, 0.25) is 0 Å². The van der Waals surface area contributed by atoms with Crippen LogP contribution in [-0.4, -0.2) is 342 Å². The van der Waals surface area contributed by atoms with Gasteiger partial charge in [0.15, 0.2) is 50.3 Å². The first-order chi connectivity index (χ1) is 34.8. The van der Waals surface area contributed by atoms with Gasteiger partial charge in [0.25, 0.3) is 0 Å². The Labute approximate surface area is 412 Å². The Bertz CT molecular complexity index is 1710. The summed E-state index contributed by atoms with van der Waals surface area (Å²) in [6.45, 7) is -5.76. The maximum absolute atomic E-state index is 11.4. The van der Waals surface area contributed by atoms with Gasteiger partial charge in [-0.3, -0.25) is 0 Å². The van der Waals surface area contributed by atoms with Gasteiger partial charge in [-0.25, -0.2) is 0 Å². The quantitative estimate of drug-likeness (QED) is 0.0606. The molecule has 18 N–H and O–H groups in total. The van der Waals surface area contributed by atoms with E-state index in [1.807, 2.05) is 0 Å². The van der Waals surface area contributed by atoms with Crippen LogP contribution in [0.3, 0.4) is 0 Å². The molecule has 1 unspecified atom stereocenters. The first kappa shape index (κ1) is 57.8. The zero-order chi connectivity index (χ0) is 52.7. The normalized spacial score (nSPS) is 53.8. The topological polar surface area (TPSA) is 503 Å². The van der Waals surface area contributed by atoms with Gasteiger partial charge in [-0.2, -0.15) is 0 Å². The van der Waals surface area contributed by atoms with E-state index in [1.165, 1.54) is 0 Å². The van der Waals surface area contributed by atoms with E-state index in [9.17, 15) is 91.9 Å². The lowest BCUT2D eigenvalue weighted by Crippen LogP contribution is -2.65. The molecule has 32 atom stereocenters. The summed E-state index contributed by atoms with van der Waals surface area (Å²) in [5.41, 5.74) is 0. The highest BCUT2D eigenvalue weighted by molar-refractivity contribution is 4.98. The largest absolute Gasteiger partial charge is 0.394 e. The van der Waals surface area contributed by atoms with Crippen LogP contribution in [0, 0.1) is 0 Å². The van der Waals surface area contributed by atoms with E-state index in [0.717, 1.165) is 0 Å². The smallest absolute Gasteiger partial charge is 0.187 e. The average molecular weight is 1070 g/mol. The van der Waals surface area contributed by atoms with Gasteiger partial charge in [0, 0.05) is 0 Å². The summed E-state index contributed by atoms with van der Waals surface area (Å²) in [5, 5.41) is 190. The van der Waals surface area contributed by atoms with Crippen molar-refractivity contribution >= 4 is 0 Å². The molecule has 8 aliphatic rings. The standard InChI is InChI=1S/C40H66O33/c41-1-10-17(46)25(54)35(63-10)70-29-9(45)5-60-39(31(29)72-37-27(56)19(48)12(3-43)65-37)69-16-8-62-40(68-15-7-61-34(24(53)22(15)51)67-14-6-59-33(58)23(52)21(14)50)32(73-38-28(57)20(49)13(4-44)66-38)30(16)71-36-26(55)18(47)11(2-42)64-36/h9-58H,1-8H2/t9-,10+,11+,12+,13+,14-,15-,16-,17+,18+,19+,20+,21+,22+,23-,24-,25-,26-,27-,28-,29+,30+,31-,32-,33?,34+,35+,36+,37+,38+,39+,40+/m1/s1. The van der Waals surface area contributed by atoms with Gasteiger partial charge < -0.3 is 163 Å². The fourth-order valence-corrected chi connectivity index (χ4v) is 9.42. The molecule has 0 amide bonds. The first-order valence-corrected chi connectivity index (χ1v) is 23.4. The zero-order valence-corrected chi connectivity index (χ0v) is 38.3. The number of aliphatic hydroxyl groups is 18. The molecule has 8 fully saturated rings. The van der Waals surface area contributed by atoms with Crippen LogP contribution in [0.1, 0.15) is 0 Å². The van der Waals surface area contributed by atoms with Gasteiger partial charge in [0.05, 0.1) is 52.9 Å². The molecule has 0 aromatic heterocycles. The minimum atomic E-state index is -1.98. The number of aliphatic hydroxyl groups excluding tert-OH is 18. The van der Waals surface area contributed by atoms with Crippen LogP contribution in [0.5, 0.6) is 0 Å². The molecular weight excluding hydrogens is 1010 g/mol. The van der Waals surface area contributed by atoms with Crippen LogP contribution in [0.25, 0.3) is 0 Å². The van der Waals surface area contributed by atoms with Gasteiger partial charge in [0.2, 0.25) is 0 Å². The molecule has 8 heterocycles. The predicted octanol–water partition coefficient (Wildman–Crippen LogP) is -13.3. The molecule has 0 aromatic carbocycles. The van der Waals surface area contributed by atoms with Crippen molar-refractivity contribution in [2.24, 2.45) is 0 Å². The Balaban J connectivity index is 1.10. The van der Waals surface area contributed by atoms with E-state index in [0.29, 0.717) is 0 Å². The van der Waals surface area contributed by atoms with E-state index in [-0.39, 0.29) is 0 Å². The molecular formula is C40H66O33. The lowest BCUT2D eigenvalue weighted by Gasteiger charge is -2.48. The van der Waals surface area contributed by atoms with Gasteiger partial charge in [-0.1, -0.05) is 0 Å². The van der Waals surface area contributed by atoms with Crippen LogP contribution >= 0.6 is 0 Å². The van der Waals surface area contributed by atoms with Gasteiger partial charge in [0.1, 0.15) is 146 Å². The van der Waals surface area contributed by atoms with Crippen molar-refractivity contribution in [2.45, 2.75) is 197 Å². The van der Waals surface area contributed by atoms with E-state index < -0.39 is 250 Å². The molecule has 33 nitrogen and oxygen atoms in total. The fraction of sp³-hybridized carbons (Fsp3) is 1.00. The SMILES string of the molecule is OC[C@@H]1O[C@@H](O[C@@H]2[C@@H](O[C@@H]3O[C@@H](CO)[C@H](O)[C@H]3O)[C@H](O[C@@H]3CO[C@@H](O[C@@H]4CO[C@@H](O[C@@H]5COC(O)[C@H](O)[C@H]5O)[C@H](O)[C@H]4O)[C@H](O[C@@H]4O[C@@H](CO)[C@H](O)[C@H]4O)[C@H]3O[C@@H]3O[C@@H](CO)[C@H](O)[C@H]3O)OC[C@H]2O)[C@H](O)[C@H]1O. The number of hydrogen-bond donors (Lipinski definition) is 18. The molecule has 0 spiro atoms. The summed E-state index contributed by atoms with van der Waals surface area (Å²) >= 11 is 0. The Kier molecular flexibility index (Phi) is 19.6. The molecule has 0 bridgehead atoms. The lowest BCUT2D eigenvalue weighted by atomic mass is 10.0. The van der Waals surface area contributed by atoms with E-state index in [4.69, 9.17) is 71.1 Å². The zero-order valence-electron chi connectivity index (χ0n) is 38.3. The molecule has 0 radical (unpaired) electrons. The van der Waals surface area contributed by atoms with Crippen LogP contribution < -0.4 is 0 Å². The van der Waals surface area contributed by atoms with Crippen LogP contribution in [-0.2, 0) is 71.1 Å². The highest BCUT2D eigenvalue weighted by Crippen LogP contribution is 2.38. The third kappa shape index (κ3) is 12.0. The van der Waals surface area contributed by atoms with Crippen molar-refractivity contribution in [3.05, 3.63) is 0 Å². The molecule has 8 aliphatic heterocycles. The van der Waals surface area contributed by atoms with Crippen molar-refractivity contribution in [2.75, 3.05) is 52.9 Å². The summed E-state index contributed by atoms with van der Waals surface area (Å²) < 4.78 is 87.2. The monoisotopic (exact) mass is 1070 g/mol. The molecule has 424 valence electrons. The van der Waals surface area contributed by atoms with E-state index >= 15 is 0 Å². The predicted molar refractivity (Wildman–Crippen MR) is 216 cm³/mol. The van der Waals surface area contributed by atoms with Gasteiger partial charge in [-0.15, -0.1) is 0 Å². The van der Waals surface area contributed by atoms with E-state index in [2.05, 4.69) is 0 Å². The Morgan fingerprint density at radius 1 is 0.274 bits per heavy atom. The maximum atomic E-state index is 11.4. The minimum absolute atomic E-state index is 0.470. The van der Waals surface area contributed by atoms with Crippen LogP contribution in [0.15, 0.2) is 0 Å². The third-order valence-electron chi connectivity index (χ3n) is 13.8. The summed E-state index contributed by atoms with van der Waals surface area (Å²) in [6, 6.07) is 0. The van der Waals surface area contributed by atoms with Crippen LogP contribution in [0.4, 0.5) is 0 Å². The van der Waals surface area contributed by atoms with Crippen molar-refractivity contribution in [3.63, 3.8) is 0 Å². The third-order valence-corrected chi connectivity index (χ3v) is 13.8. The number of rotatable bonds is 18. The summed E-state index contributed by atoms with van der Waals surface area (Å²) in [6.07, 6.45) is -56.0. The Hall–Kier alpha value is -1.32. The summed E-state index contributed by atoms with van der Waals surface area (Å²) in [7, 11) is 0. The Morgan fingerprint density at radius 3 is 1.03 bits per heavy atom. The molecule has 73 heavy (non-hydrogen) atoms. The molecule has 0 saturated carbocycles. The van der Waals surface area contributed by atoms with Crippen molar-refractivity contribution in [3.8, 4) is 0 Å². The summed E-state index contributed by atoms with van der Waals surface area (Å²) in [5.74, 6) is 0. The molecule has 33 heteroatoms. The first-order valence-electron chi connectivity index (χ1n) is 23.4. The van der Waals surface area contributed by atoms with Crippen molar-refractivity contribution < 1.29 is 163 Å². The minimum Gasteiger partial charge on any atom is -0.394 e. The molecule has 0 aliphatic carbocycles. The lowest BCUT2D eigenvalue weighted by molar-refractivity contribution is -0.391. The summed E-state index contributed by atoms with van der Waals surface area (Å²) in [4.78, 5) is 0. The molecule has 8 saturated heterocycles. The second-order valence-corrected chi connectivity index (χ2v) is 18.6. The van der Waals surface area contributed by atoms with Gasteiger partial charge >= 0.3 is 0 Å². The second kappa shape index (κ2) is 24.8. The fourth-order valence-electron chi connectivity index (χ4n) is 9.42. The Morgan fingerprint density at radius 2 is 0.589 bits per heavy atom. The second-order valence-electron chi connectivity index (χ2n) is 18.6. The molecule has 0 aromatic rings. The molecule has 8 rings (SSSR count). The number of ether oxygens (including phenoxy) is 15. The van der Waals surface area contributed by atoms with Crippen molar-refractivity contribution in [1.29, 1.82) is 0 Å². The average Bonchev–Trinajstić information content (AvgIpc) is 4.02. The maximum Gasteiger partial charge on any atom is 0.187 e. The van der Waals surface area contributed by atoms with Crippen molar-refractivity contribution in [1.82, 2.24) is 0 Å². The highest BCUT2D eigenvalue weighted by atomic mass is 16.8.